The minimum Gasteiger partial charge on any atom is -0.324 e. The Balaban J connectivity index is 2.52. The van der Waals surface area contributed by atoms with E-state index in [0.717, 1.165) is 5.01 Å². The van der Waals surface area contributed by atoms with Gasteiger partial charge >= 0.3 is 0 Å². The Kier molecular flexibility index (Phi) is 1.94. The topological polar surface area (TPSA) is 75.4 Å². The third-order valence-corrected chi connectivity index (χ3v) is 2.01. The van der Waals surface area contributed by atoms with Crippen molar-refractivity contribution in [2.24, 2.45) is 5.84 Å². The van der Waals surface area contributed by atoms with Gasteiger partial charge in [0, 0.05) is 0 Å². The number of benzene rings is 1. The summed E-state index contributed by atoms with van der Waals surface area (Å²) >= 11 is 0. The largest absolute Gasteiger partial charge is 0.324 e. The molecule has 5 nitrogen and oxygen atoms in total. The lowest BCUT2D eigenvalue weighted by Crippen LogP contribution is -2.40. The fraction of sp³-hybridized carbons (Fsp3) is 0.111. The molecule has 2 rings (SSSR count). The maximum Gasteiger partial charge on any atom is 0.270 e. The summed E-state index contributed by atoms with van der Waals surface area (Å²) in [5.41, 5.74) is 0.927. The van der Waals surface area contributed by atoms with Crippen molar-refractivity contribution < 1.29 is 9.59 Å². The molecule has 0 radical (unpaired) electrons. The molecule has 3 N–H and O–H groups in total. The smallest absolute Gasteiger partial charge is 0.270 e. The van der Waals surface area contributed by atoms with Crippen molar-refractivity contribution in [2.75, 3.05) is 11.9 Å². The van der Waals surface area contributed by atoms with Crippen molar-refractivity contribution in [3.8, 4) is 0 Å². The molecule has 0 spiro atoms. The standard InChI is InChI=1S/C9H9N3O2/c10-12-5-8(13)11-7-4-2-1-3-6(7)9(12)14/h1-4H,5,10H2,(H,11,13). The fourth-order valence-electron chi connectivity index (χ4n) is 1.35. The first kappa shape index (κ1) is 8.71. The lowest BCUT2D eigenvalue weighted by Gasteiger charge is -2.11. The normalized spacial score (nSPS) is 15.9. The Labute approximate surface area is 80.5 Å². The number of nitrogens with one attached hydrogen (secondary N) is 1. The fourth-order valence-corrected chi connectivity index (χ4v) is 1.35. The Bertz CT molecular complexity index is 403. The van der Waals surface area contributed by atoms with E-state index in [1.807, 2.05) is 0 Å². The second-order valence-electron chi connectivity index (χ2n) is 3.03. The number of nitrogens with zero attached hydrogens (tertiary/aromatic N) is 1. The Hall–Kier alpha value is -1.88. The molecular weight excluding hydrogens is 182 g/mol. The van der Waals surface area contributed by atoms with E-state index in [-0.39, 0.29) is 18.4 Å². The lowest BCUT2D eigenvalue weighted by molar-refractivity contribution is -0.116. The summed E-state index contributed by atoms with van der Waals surface area (Å²) < 4.78 is 0. The van der Waals surface area contributed by atoms with Crippen molar-refractivity contribution in [3.05, 3.63) is 29.8 Å². The molecule has 1 heterocycles. The number of rotatable bonds is 0. The molecule has 0 aliphatic carbocycles. The molecule has 72 valence electrons. The Morgan fingerprint density at radius 1 is 1.29 bits per heavy atom. The average molecular weight is 191 g/mol. The van der Waals surface area contributed by atoms with Gasteiger partial charge < -0.3 is 5.32 Å². The summed E-state index contributed by atoms with van der Waals surface area (Å²) in [5.74, 6) is 4.77. The average Bonchev–Trinajstić information content (AvgIpc) is 2.26. The summed E-state index contributed by atoms with van der Waals surface area (Å²) in [6.45, 7) is -0.118. The van der Waals surface area contributed by atoms with Crippen LogP contribution in [0.2, 0.25) is 0 Å². The minimum atomic E-state index is -0.348. The van der Waals surface area contributed by atoms with Gasteiger partial charge in [0.25, 0.3) is 5.91 Å². The molecule has 1 aromatic rings. The molecular formula is C9H9N3O2. The number of hydrogen-bond acceptors (Lipinski definition) is 3. The van der Waals surface area contributed by atoms with Gasteiger partial charge in [0.05, 0.1) is 11.3 Å². The minimum absolute atomic E-state index is 0.118. The SMILES string of the molecule is NN1CC(=O)Nc2ccccc2C1=O. The maximum absolute atomic E-state index is 11.6. The van der Waals surface area contributed by atoms with Gasteiger partial charge in [0.2, 0.25) is 5.91 Å². The zero-order valence-corrected chi connectivity index (χ0v) is 7.36. The van der Waals surface area contributed by atoms with Gasteiger partial charge in [0.15, 0.2) is 0 Å². The highest BCUT2D eigenvalue weighted by atomic mass is 16.2. The summed E-state index contributed by atoms with van der Waals surface area (Å²) in [6, 6.07) is 6.77. The third-order valence-electron chi connectivity index (χ3n) is 2.01. The van der Waals surface area contributed by atoms with E-state index >= 15 is 0 Å². The van der Waals surface area contributed by atoms with Crippen LogP contribution >= 0.6 is 0 Å². The number of fused-ring (bicyclic) bond motifs is 1. The van der Waals surface area contributed by atoms with Gasteiger partial charge in [-0.3, -0.25) is 14.6 Å². The number of hydrazine groups is 1. The van der Waals surface area contributed by atoms with Crippen LogP contribution in [0.15, 0.2) is 24.3 Å². The van der Waals surface area contributed by atoms with Gasteiger partial charge in [-0.15, -0.1) is 0 Å². The summed E-state index contributed by atoms with van der Waals surface area (Å²) in [4.78, 5) is 22.8. The molecule has 1 aliphatic rings. The van der Waals surface area contributed by atoms with Gasteiger partial charge in [-0.05, 0) is 12.1 Å². The van der Waals surface area contributed by atoms with Crippen LogP contribution in [0.25, 0.3) is 0 Å². The Morgan fingerprint density at radius 2 is 2.00 bits per heavy atom. The van der Waals surface area contributed by atoms with Crippen LogP contribution < -0.4 is 11.2 Å². The summed E-state index contributed by atoms with van der Waals surface area (Å²) in [5, 5.41) is 3.51. The number of carbonyl (C=O) groups excluding carboxylic acids is 2. The lowest BCUT2D eigenvalue weighted by atomic mass is 10.1. The van der Waals surface area contributed by atoms with E-state index in [0.29, 0.717) is 11.3 Å². The molecule has 1 aromatic carbocycles. The number of amides is 2. The highest BCUT2D eigenvalue weighted by Gasteiger charge is 2.23. The van der Waals surface area contributed by atoms with E-state index in [1.54, 1.807) is 24.3 Å². The first-order valence-corrected chi connectivity index (χ1v) is 4.14. The van der Waals surface area contributed by atoms with E-state index in [9.17, 15) is 9.59 Å². The predicted octanol–water partition coefficient (Wildman–Crippen LogP) is -0.0454. The van der Waals surface area contributed by atoms with Crippen molar-refractivity contribution in [2.45, 2.75) is 0 Å². The second-order valence-corrected chi connectivity index (χ2v) is 3.03. The van der Waals surface area contributed by atoms with E-state index in [1.165, 1.54) is 0 Å². The number of nitrogens with two attached hydrogens (primary N) is 1. The van der Waals surface area contributed by atoms with Crippen molar-refractivity contribution >= 4 is 17.5 Å². The molecule has 5 heteroatoms. The highest BCUT2D eigenvalue weighted by molar-refractivity contribution is 6.08. The molecule has 0 saturated carbocycles. The summed E-state index contributed by atoms with van der Waals surface area (Å²) in [7, 11) is 0. The molecule has 0 fully saturated rings. The van der Waals surface area contributed by atoms with Crippen LogP contribution in [0.5, 0.6) is 0 Å². The van der Waals surface area contributed by atoms with Gasteiger partial charge in [0.1, 0.15) is 6.54 Å². The zero-order valence-electron chi connectivity index (χ0n) is 7.36. The van der Waals surface area contributed by atoms with E-state index < -0.39 is 0 Å². The van der Waals surface area contributed by atoms with E-state index in [2.05, 4.69) is 5.32 Å². The summed E-state index contributed by atoms with van der Waals surface area (Å²) in [6.07, 6.45) is 0. The van der Waals surface area contributed by atoms with Crippen molar-refractivity contribution in [1.29, 1.82) is 0 Å². The van der Waals surface area contributed by atoms with Crippen molar-refractivity contribution in [3.63, 3.8) is 0 Å². The molecule has 0 aromatic heterocycles. The van der Waals surface area contributed by atoms with Crippen LogP contribution in [-0.2, 0) is 4.79 Å². The van der Waals surface area contributed by atoms with Crippen LogP contribution in [0, 0.1) is 0 Å². The maximum atomic E-state index is 11.6. The molecule has 1 aliphatic heterocycles. The van der Waals surface area contributed by atoms with Gasteiger partial charge in [-0.25, -0.2) is 5.84 Å². The van der Waals surface area contributed by atoms with Crippen LogP contribution in [0.1, 0.15) is 10.4 Å². The second kappa shape index (κ2) is 3.12. The molecule has 0 unspecified atom stereocenters. The number of carbonyl (C=O) groups is 2. The van der Waals surface area contributed by atoms with E-state index in [4.69, 9.17) is 5.84 Å². The first-order valence-electron chi connectivity index (χ1n) is 4.14. The highest BCUT2D eigenvalue weighted by Crippen LogP contribution is 2.18. The van der Waals surface area contributed by atoms with Crippen LogP contribution in [0.3, 0.4) is 0 Å². The molecule has 14 heavy (non-hydrogen) atoms. The van der Waals surface area contributed by atoms with Crippen LogP contribution in [0.4, 0.5) is 5.69 Å². The monoisotopic (exact) mass is 191 g/mol. The van der Waals surface area contributed by atoms with Crippen LogP contribution in [-0.4, -0.2) is 23.4 Å². The molecule has 0 bridgehead atoms. The quantitative estimate of drug-likeness (QED) is 0.446. The number of hydrogen-bond donors (Lipinski definition) is 2. The molecule has 0 saturated heterocycles. The Morgan fingerprint density at radius 3 is 2.79 bits per heavy atom. The molecule has 2 amide bonds. The number of para-hydroxylation sites is 1. The zero-order chi connectivity index (χ0) is 10.1. The van der Waals surface area contributed by atoms with Crippen molar-refractivity contribution in [1.82, 2.24) is 5.01 Å². The van der Waals surface area contributed by atoms with Gasteiger partial charge in [-0.2, -0.15) is 0 Å². The molecule has 0 atom stereocenters. The van der Waals surface area contributed by atoms with Gasteiger partial charge in [-0.1, -0.05) is 12.1 Å². The number of anilines is 1. The third kappa shape index (κ3) is 1.33. The predicted molar refractivity (Wildman–Crippen MR) is 50.3 cm³/mol. The first-order chi connectivity index (χ1) is 6.68.